The van der Waals surface area contributed by atoms with Gasteiger partial charge in [-0.1, -0.05) is 24.6 Å². The molecule has 1 amide bonds. The number of nitrogens with zero attached hydrogens (tertiary/aromatic N) is 1. The molecular weight excluding hydrogens is 276 g/mol. The van der Waals surface area contributed by atoms with Gasteiger partial charge in [0.15, 0.2) is 6.61 Å². The third-order valence-corrected chi connectivity index (χ3v) is 5.07. The molecule has 2 aliphatic heterocycles. The van der Waals surface area contributed by atoms with E-state index in [1.54, 1.807) is 0 Å². The molecule has 3 rings (SSSR count). The highest BCUT2D eigenvalue weighted by atomic mass is 16.5. The van der Waals surface area contributed by atoms with Gasteiger partial charge in [-0.3, -0.25) is 4.79 Å². The molecule has 2 atom stereocenters. The van der Waals surface area contributed by atoms with Crippen LogP contribution < -0.4 is 10.1 Å². The lowest BCUT2D eigenvalue weighted by Crippen LogP contribution is -2.63. The second-order valence-corrected chi connectivity index (χ2v) is 6.65. The second-order valence-electron chi connectivity index (χ2n) is 6.65. The first-order valence-corrected chi connectivity index (χ1v) is 8.41. The molecule has 0 bridgehead atoms. The first-order valence-electron chi connectivity index (χ1n) is 8.41. The minimum absolute atomic E-state index is 0.0666. The van der Waals surface area contributed by atoms with Gasteiger partial charge in [-0.25, -0.2) is 0 Å². The number of para-hydroxylation sites is 1. The predicted molar refractivity (Wildman–Crippen MR) is 86.9 cm³/mol. The molecule has 1 aromatic rings. The van der Waals surface area contributed by atoms with Gasteiger partial charge >= 0.3 is 0 Å². The zero-order chi connectivity index (χ0) is 15.4. The summed E-state index contributed by atoms with van der Waals surface area (Å²) in [6.45, 7) is 4.34. The number of nitrogens with one attached hydrogen (secondary N) is 1. The maximum atomic E-state index is 12.7. The summed E-state index contributed by atoms with van der Waals surface area (Å²) in [5, 5.41) is 3.68. The maximum Gasteiger partial charge on any atom is 0.260 e. The van der Waals surface area contributed by atoms with Crippen LogP contribution >= 0.6 is 0 Å². The number of ether oxygens (including phenoxy) is 1. The van der Waals surface area contributed by atoms with Crippen molar-refractivity contribution in [1.29, 1.82) is 0 Å². The molecular formula is C18H26N2O2. The van der Waals surface area contributed by atoms with Gasteiger partial charge in [0.05, 0.1) is 0 Å². The first-order chi connectivity index (χ1) is 10.7. The Morgan fingerprint density at radius 3 is 2.95 bits per heavy atom. The van der Waals surface area contributed by atoms with Gasteiger partial charge in [-0.15, -0.1) is 0 Å². The Hall–Kier alpha value is -1.55. The van der Waals surface area contributed by atoms with Crippen molar-refractivity contribution in [3.8, 4) is 5.75 Å². The number of piperidine rings is 1. The molecule has 2 fully saturated rings. The average Bonchev–Trinajstić information content (AvgIpc) is 2.74. The summed E-state index contributed by atoms with van der Waals surface area (Å²) in [4.78, 5) is 14.7. The Labute approximate surface area is 132 Å². The van der Waals surface area contributed by atoms with Gasteiger partial charge in [0, 0.05) is 18.1 Å². The van der Waals surface area contributed by atoms with Crippen LogP contribution in [0.4, 0.5) is 0 Å². The molecule has 0 unspecified atom stereocenters. The van der Waals surface area contributed by atoms with E-state index in [1.165, 1.54) is 12.8 Å². The zero-order valence-corrected chi connectivity index (χ0v) is 13.4. The van der Waals surface area contributed by atoms with Crippen molar-refractivity contribution in [2.75, 3.05) is 19.7 Å². The van der Waals surface area contributed by atoms with Crippen molar-refractivity contribution >= 4 is 5.91 Å². The van der Waals surface area contributed by atoms with Crippen LogP contribution in [0, 0.1) is 0 Å². The van der Waals surface area contributed by atoms with Gasteiger partial charge < -0.3 is 15.0 Å². The minimum Gasteiger partial charge on any atom is -0.484 e. The molecule has 22 heavy (non-hydrogen) atoms. The normalized spacial score (nSPS) is 28.6. The van der Waals surface area contributed by atoms with Crippen LogP contribution in [-0.2, 0) is 4.79 Å². The molecule has 0 saturated carbocycles. The lowest BCUT2D eigenvalue weighted by atomic mass is 9.81. The summed E-state index contributed by atoms with van der Waals surface area (Å²) in [5.41, 5.74) is 0.0666. The quantitative estimate of drug-likeness (QED) is 0.933. The molecule has 4 nitrogen and oxygen atoms in total. The molecule has 0 spiro atoms. The Balaban J connectivity index is 1.65. The Morgan fingerprint density at radius 2 is 2.14 bits per heavy atom. The smallest absolute Gasteiger partial charge is 0.260 e. The van der Waals surface area contributed by atoms with Crippen LogP contribution in [0.15, 0.2) is 30.3 Å². The standard InChI is InChI=1S/C18H26N2O2/c1-18-11-7-13-20(16(18)10-5-6-12-19-18)17(21)14-22-15-8-3-2-4-9-15/h2-4,8-9,16,19H,5-7,10-14H2,1H3/t16-,18-/m0/s1. The molecule has 1 N–H and O–H groups in total. The summed E-state index contributed by atoms with van der Waals surface area (Å²) in [6.07, 6.45) is 5.71. The molecule has 120 valence electrons. The summed E-state index contributed by atoms with van der Waals surface area (Å²) >= 11 is 0. The molecule has 1 aromatic carbocycles. The number of likely N-dealkylation sites (tertiary alicyclic amines) is 1. The van der Waals surface area contributed by atoms with Crippen molar-refractivity contribution in [1.82, 2.24) is 10.2 Å². The van der Waals surface area contributed by atoms with Crippen LogP contribution in [0.1, 0.15) is 39.0 Å². The van der Waals surface area contributed by atoms with E-state index in [-0.39, 0.29) is 18.1 Å². The van der Waals surface area contributed by atoms with Crippen LogP contribution in [-0.4, -0.2) is 42.1 Å². The molecule has 0 aromatic heterocycles. The lowest BCUT2D eigenvalue weighted by Gasteiger charge is -2.48. The minimum atomic E-state index is 0.0666. The van der Waals surface area contributed by atoms with Crippen molar-refractivity contribution < 1.29 is 9.53 Å². The largest absolute Gasteiger partial charge is 0.484 e. The highest BCUT2D eigenvalue weighted by molar-refractivity contribution is 5.78. The Bertz CT molecular complexity index is 505. The fraction of sp³-hybridized carbons (Fsp3) is 0.611. The van der Waals surface area contributed by atoms with E-state index in [0.29, 0.717) is 6.04 Å². The van der Waals surface area contributed by atoms with Crippen molar-refractivity contribution in [2.45, 2.75) is 50.6 Å². The van der Waals surface area contributed by atoms with Gasteiger partial charge in [-0.05, 0) is 51.3 Å². The van der Waals surface area contributed by atoms with Crippen LogP contribution in [0.5, 0.6) is 5.75 Å². The van der Waals surface area contributed by atoms with Gasteiger partial charge in [-0.2, -0.15) is 0 Å². The SMILES string of the molecule is C[C@]12CCCN(C(=O)COc3ccccc3)[C@H]1CCCCN2. The van der Waals surface area contributed by atoms with E-state index >= 15 is 0 Å². The van der Waals surface area contributed by atoms with E-state index in [0.717, 1.165) is 38.1 Å². The lowest BCUT2D eigenvalue weighted by molar-refractivity contribution is -0.139. The van der Waals surface area contributed by atoms with E-state index in [4.69, 9.17) is 4.74 Å². The molecule has 0 radical (unpaired) electrons. The first kappa shape index (κ1) is 15.3. The van der Waals surface area contributed by atoms with Gasteiger partial charge in [0.1, 0.15) is 5.75 Å². The topological polar surface area (TPSA) is 41.6 Å². The monoisotopic (exact) mass is 302 g/mol. The Morgan fingerprint density at radius 1 is 1.32 bits per heavy atom. The van der Waals surface area contributed by atoms with Crippen LogP contribution in [0.25, 0.3) is 0 Å². The summed E-state index contributed by atoms with van der Waals surface area (Å²) in [7, 11) is 0. The molecule has 2 aliphatic rings. The number of carbonyl (C=O) groups is 1. The Kier molecular flexibility index (Phi) is 4.67. The van der Waals surface area contributed by atoms with E-state index < -0.39 is 0 Å². The predicted octanol–water partition coefficient (Wildman–Crippen LogP) is 2.59. The average molecular weight is 302 g/mol. The van der Waals surface area contributed by atoms with Gasteiger partial charge in [0.2, 0.25) is 0 Å². The summed E-state index contributed by atoms with van der Waals surface area (Å²) in [5.74, 6) is 0.873. The number of hydrogen-bond acceptors (Lipinski definition) is 3. The molecule has 2 heterocycles. The van der Waals surface area contributed by atoms with Crippen molar-refractivity contribution in [3.63, 3.8) is 0 Å². The van der Waals surface area contributed by atoms with Crippen LogP contribution in [0.3, 0.4) is 0 Å². The van der Waals surface area contributed by atoms with E-state index in [2.05, 4.69) is 17.1 Å². The summed E-state index contributed by atoms with van der Waals surface area (Å²) < 4.78 is 5.65. The fourth-order valence-corrected chi connectivity index (χ4v) is 3.84. The number of amides is 1. The fourth-order valence-electron chi connectivity index (χ4n) is 3.84. The molecule has 2 saturated heterocycles. The molecule has 4 heteroatoms. The number of hydrogen-bond donors (Lipinski definition) is 1. The molecule has 0 aliphatic carbocycles. The highest BCUT2D eigenvalue weighted by Crippen LogP contribution is 2.32. The highest BCUT2D eigenvalue weighted by Gasteiger charge is 2.43. The number of benzene rings is 1. The number of carbonyl (C=O) groups excluding carboxylic acids is 1. The number of rotatable bonds is 3. The van der Waals surface area contributed by atoms with Crippen molar-refractivity contribution in [3.05, 3.63) is 30.3 Å². The van der Waals surface area contributed by atoms with E-state index in [9.17, 15) is 4.79 Å². The number of fused-ring (bicyclic) bond motifs is 1. The maximum absolute atomic E-state index is 12.7. The summed E-state index contributed by atoms with van der Waals surface area (Å²) in [6, 6.07) is 9.87. The van der Waals surface area contributed by atoms with E-state index in [1.807, 2.05) is 30.3 Å². The van der Waals surface area contributed by atoms with Crippen molar-refractivity contribution in [2.24, 2.45) is 0 Å². The van der Waals surface area contributed by atoms with Crippen LogP contribution in [0.2, 0.25) is 0 Å². The zero-order valence-electron chi connectivity index (χ0n) is 13.4. The third kappa shape index (κ3) is 3.27. The third-order valence-electron chi connectivity index (χ3n) is 5.07. The second kappa shape index (κ2) is 6.69. The van der Waals surface area contributed by atoms with Gasteiger partial charge in [0.25, 0.3) is 5.91 Å².